The van der Waals surface area contributed by atoms with Crippen LogP contribution in [0.15, 0.2) is 15.4 Å². The zero-order valence-corrected chi connectivity index (χ0v) is 13.0. The molecule has 0 fully saturated rings. The summed E-state index contributed by atoms with van der Waals surface area (Å²) in [6, 6.07) is 0. The van der Waals surface area contributed by atoms with Gasteiger partial charge in [-0.3, -0.25) is 4.79 Å². The van der Waals surface area contributed by atoms with E-state index in [4.69, 9.17) is 9.15 Å². The highest BCUT2D eigenvalue weighted by molar-refractivity contribution is 7.20. The van der Waals surface area contributed by atoms with Gasteiger partial charge in [-0.2, -0.15) is 0 Å². The van der Waals surface area contributed by atoms with Crippen molar-refractivity contribution in [2.75, 3.05) is 7.11 Å². The van der Waals surface area contributed by atoms with Crippen molar-refractivity contribution in [3.05, 3.63) is 44.5 Å². The number of H-pyrrole nitrogens is 1. The minimum absolute atomic E-state index is 0.278. The van der Waals surface area contributed by atoms with Crippen LogP contribution in [0.2, 0.25) is 0 Å². The summed E-state index contributed by atoms with van der Waals surface area (Å²) in [5.74, 6) is 1.17. The van der Waals surface area contributed by atoms with Crippen molar-refractivity contribution < 1.29 is 13.9 Å². The third-order valence-electron chi connectivity index (χ3n) is 3.23. The second-order valence-electron chi connectivity index (χ2n) is 4.76. The Morgan fingerprint density at radius 2 is 2.23 bits per heavy atom. The second-order valence-corrected chi connectivity index (χ2v) is 5.76. The Labute approximate surface area is 129 Å². The first-order valence-electron chi connectivity index (χ1n) is 6.51. The molecular formula is C14H13N3O4S. The number of aromatic nitrogens is 3. The highest BCUT2D eigenvalue weighted by atomic mass is 32.1. The van der Waals surface area contributed by atoms with Crippen LogP contribution >= 0.6 is 11.3 Å². The zero-order chi connectivity index (χ0) is 15.9. The minimum Gasteiger partial charge on any atom is -0.465 e. The summed E-state index contributed by atoms with van der Waals surface area (Å²) in [6.07, 6.45) is 1.93. The van der Waals surface area contributed by atoms with Crippen LogP contribution in [0.5, 0.6) is 0 Å². The lowest BCUT2D eigenvalue weighted by Crippen LogP contribution is -2.12. The third-order valence-corrected chi connectivity index (χ3v) is 4.40. The molecule has 22 heavy (non-hydrogen) atoms. The molecular weight excluding hydrogens is 306 g/mol. The van der Waals surface area contributed by atoms with E-state index < -0.39 is 5.97 Å². The van der Waals surface area contributed by atoms with Gasteiger partial charge >= 0.3 is 5.97 Å². The highest BCUT2D eigenvalue weighted by Crippen LogP contribution is 2.27. The smallest absolute Gasteiger partial charge is 0.348 e. The number of oxazole rings is 1. The number of hydrogen-bond acceptors (Lipinski definition) is 7. The van der Waals surface area contributed by atoms with E-state index in [1.165, 1.54) is 7.11 Å². The number of carbonyl (C=O) groups excluding carboxylic acids is 1. The Bertz CT molecular complexity index is 922. The van der Waals surface area contributed by atoms with Gasteiger partial charge in [0, 0.05) is 6.92 Å². The first-order chi connectivity index (χ1) is 10.5. The number of thiophene rings is 1. The molecule has 1 N–H and O–H groups in total. The van der Waals surface area contributed by atoms with Crippen LogP contribution in [-0.2, 0) is 11.2 Å². The molecule has 3 rings (SSSR count). The van der Waals surface area contributed by atoms with Gasteiger partial charge in [0.05, 0.1) is 25.1 Å². The van der Waals surface area contributed by atoms with Crippen LogP contribution in [0.25, 0.3) is 10.2 Å². The number of nitrogens with zero attached hydrogens (tertiary/aromatic N) is 2. The monoisotopic (exact) mass is 319 g/mol. The normalized spacial score (nSPS) is 11.0. The molecule has 0 saturated heterocycles. The van der Waals surface area contributed by atoms with Crippen molar-refractivity contribution in [2.45, 2.75) is 20.3 Å². The quantitative estimate of drug-likeness (QED) is 0.741. The number of fused-ring (bicyclic) bond motifs is 1. The Morgan fingerprint density at radius 3 is 2.86 bits per heavy atom. The second kappa shape index (κ2) is 5.38. The van der Waals surface area contributed by atoms with Crippen molar-refractivity contribution in [3.63, 3.8) is 0 Å². The van der Waals surface area contributed by atoms with E-state index in [1.807, 2.05) is 0 Å². The van der Waals surface area contributed by atoms with Gasteiger partial charge in [0.2, 0.25) is 0 Å². The van der Waals surface area contributed by atoms with Gasteiger partial charge in [0.15, 0.2) is 5.89 Å². The maximum Gasteiger partial charge on any atom is 0.348 e. The van der Waals surface area contributed by atoms with E-state index in [9.17, 15) is 9.59 Å². The molecule has 0 saturated carbocycles. The van der Waals surface area contributed by atoms with Gasteiger partial charge < -0.3 is 14.1 Å². The molecule has 0 unspecified atom stereocenters. The Balaban J connectivity index is 2.08. The SMILES string of the molecule is COC(=O)c1sc2nc(Cc3cnc(C)o3)[nH]c(=O)c2c1C. The van der Waals surface area contributed by atoms with Crippen LogP contribution in [0.3, 0.4) is 0 Å². The molecule has 114 valence electrons. The molecule has 0 radical (unpaired) electrons. The van der Waals surface area contributed by atoms with Crippen LogP contribution in [0.4, 0.5) is 0 Å². The zero-order valence-electron chi connectivity index (χ0n) is 12.2. The summed E-state index contributed by atoms with van der Waals surface area (Å²) in [5, 5.41) is 0.419. The molecule has 0 spiro atoms. The van der Waals surface area contributed by atoms with Crippen molar-refractivity contribution >= 4 is 27.5 Å². The maximum absolute atomic E-state index is 12.3. The van der Waals surface area contributed by atoms with Gasteiger partial charge in [0.1, 0.15) is 21.3 Å². The lowest BCUT2D eigenvalue weighted by atomic mass is 10.2. The van der Waals surface area contributed by atoms with Gasteiger partial charge in [-0.25, -0.2) is 14.8 Å². The van der Waals surface area contributed by atoms with Crippen molar-refractivity contribution in [2.24, 2.45) is 0 Å². The molecule has 0 bridgehead atoms. The predicted octanol–water partition coefficient (Wildman–Crippen LogP) is 1.97. The predicted molar refractivity (Wildman–Crippen MR) is 80.4 cm³/mol. The number of esters is 1. The molecule has 0 atom stereocenters. The van der Waals surface area contributed by atoms with Crippen LogP contribution in [-0.4, -0.2) is 28.0 Å². The molecule has 0 aromatic carbocycles. The molecule has 3 aromatic heterocycles. The van der Waals surface area contributed by atoms with Gasteiger partial charge in [-0.1, -0.05) is 0 Å². The summed E-state index contributed by atoms with van der Waals surface area (Å²) >= 11 is 1.15. The summed E-state index contributed by atoms with van der Waals surface area (Å²) in [6.45, 7) is 3.45. The van der Waals surface area contributed by atoms with Crippen molar-refractivity contribution in [3.8, 4) is 0 Å². The molecule has 3 aromatic rings. The van der Waals surface area contributed by atoms with Crippen LogP contribution < -0.4 is 5.56 Å². The molecule has 7 nitrogen and oxygen atoms in total. The Hall–Kier alpha value is -2.48. The molecule has 0 aliphatic heterocycles. The fourth-order valence-electron chi connectivity index (χ4n) is 2.21. The number of aromatic amines is 1. The molecule has 3 heterocycles. The van der Waals surface area contributed by atoms with Gasteiger partial charge in [-0.05, 0) is 12.5 Å². The number of hydrogen-bond donors (Lipinski definition) is 1. The summed E-state index contributed by atoms with van der Waals surface area (Å²) in [5.41, 5.74) is 0.308. The summed E-state index contributed by atoms with van der Waals surface area (Å²) in [4.78, 5) is 36.0. The molecule has 0 aliphatic rings. The van der Waals surface area contributed by atoms with E-state index in [1.54, 1.807) is 20.0 Å². The fourth-order valence-corrected chi connectivity index (χ4v) is 3.33. The molecule has 0 amide bonds. The number of ether oxygens (including phenoxy) is 1. The average molecular weight is 319 g/mol. The maximum atomic E-state index is 12.3. The van der Waals surface area contributed by atoms with E-state index in [0.717, 1.165) is 11.3 Å². The minimum atomic E-state index is -0.465. The average Bonchev–Trinajstić information content (AvgIpc) is 3.02. The lowest BCUT2D eigenvalue weighted by Gasteiger charge is -1.98. The Kier molecular flexibility index (Phi) is 3.53. The third kappa shape index (κ3) is 2.41. The van der Waals surface area contributed by atoms with E-state index in [0.29, 0.717) is 44.6 Å². The lowest BCUT2D eigenvalue weighted by molar-refractivity contribution is 0.0605. The van der Waals surface area contributed by atoms with E-state index in [2.05, 4.69) is 15.0 Å². The number of carbonyl (C=O) groups is 1. The van der Waals surface area contributed by atoms with Crippen LogP contribution in [0.1, 0.15) is 32.7 Å². The standard InChI is InChI=1S/C14H13N3O4S/c1-6-10-12(18)16-9(4-8-5-15-7(2)21-8)17-13(10)22-11(6)14(19)20-3/h5H,4H2,1-3H3,(H,16,17,18). The fraction of sp³-hybridized carbons (Fsp3) is 0.286. The molecule has 8 heteroatoms. The van der Waals surface area contributed by atoms with E-state index in [-0.39, 0.29) is 5.56 Å². The van der Waals surface area contributed by atoms with Gasteiger partial charge in [0.25, 0.3) is 5.56 Å². The number of rotatable bonds is 3. The van der Waals surface area contributed by atoms with Crippen LogP contribution in [0, 0.1) is 13.8 Å². The number of nitrogens with one attached hydrogen (secondary N) is 1. The number of aryl methyl sites for hydroxylation is 2. The molecule has 0 aliphatic carbocycles. The first kappa shape index (κ1) is 14.5. The van der Waals surface area contributed by atoms with Crippen molar-refractivity contribution in [1.82, 2.24) is 15.0 Å². The topological polar surface area (TPSA) is 98.1 Å². The first-order valence-corrected chi connectivity index (χ1v) is 7.33. The summed E-state index contributed by atoms with van der Waals surface area (Å²) < 4.78 is 10.1. The highest BCUT2D eigenvalue weighted by Gasteiger charge is 2.20. The van der Waals surface area contributed by atoms with Gasteiger partial charge in [-0.15, -0.1) is 11.3 Å². The number of methoxy groups -OCH3 is 1. The Morgan fingerprint density at radius 1 is 1.45 bits per heavy atom. The summed E-state index contributed by atoms with van der Waals surface area (Å²) in [7, 11) is 1.31. The van der Waals surface area contributed by atoms with E-state index >= 15 is 0 Å². The largest absolute Gasteiger partial charge is 0.465 e. The van der Waals surface area contributed by atoms with Crippen molar-refractivity contribution in [1.29, 1.82) is 0 Å².